The van der Waals surface area contributed by atoms with Crippen molar-refractivity contribution in [2.75, 3.05) is 0 Å². The van der Waals surface area contributed by atoms with Crippen molar-refractivity contribution in [3.05, 3.63) is 34.6 Å². The van der Waals surface area contributed by atoms with Gasteiger partial charge in [0.05, 0.1) is 11.1 Å². The lowest BCUT2D eigenvalue weighted by atomic mass is 10.0. The van der Waals surface area contributed by atoms with Gasteiger partial charge in [-0.2, -0.15) is 13.2 Å². The second kappa shape index (κ2) is 3.52. The fourth-order valence-electron chi connectivity index (χ4n) is 1.21. The Kier molecular flexibility index (Phi) is 2.70. The first-order valence-electron chi connectivity index (χ1n) is 3.91. The maximum atomic E-state index is 13.3. The molecule has 0 heterocycles. The van der Waals surface area contributed by atoms with E-state index in [1.807, 2.05) is 0 Å². The molecule has 2 nitrogen and oxygen atoms in total. The summed E-state index contributed by atoms with van der Waals surface area (Å²) in [6, 6.07) is 1.94. The van der Waals surface area contributed by atoms with Crippen molar-refractivity contribution in [2.24, 2.45) is 5.73 Å². The molecule has 0 atom stereocenters. The van der Waals surface area contributed by atoms with Crippen LogP contribution in [-0.4, -0.2) is 5.91 Å². The van der Waals surface area contributed by atoms with Gasteiger partial charge in [-0.15, -0.1) is 0 Å². The van der Waals surface area contributed by atoms with Gasteiger partial charge in [-0.25, -0.2) is 4.39 Å². The third-order valence-electron chi connectivity index (χ3n) is 1.90. The maximum absolute atomic E-state index is 13.3. The van der Waals surface area contributed by atoms with Crippen molar-refractivity contribution in [3.8, 4) is 0 Å². The molecule has 1 amide bonds. The van der Waals surface area contributed by atoms with Gasteiger partial charge in [0.25, 0.3) is 5.91 Å². The number of alkyl halides is 3. The van der Waals surface area contributed by atoms with Crippen LogP contribution in [0.15, 0.2) is 12.1 Å². The SMILES string of the molecule is Cc1ccc(C(N)=O)c(F)c1C(F)(F)F. The van der Waals surface area contributed by atoms with Crippen LogP contribution in [0.3, 0.4) is 0 Å². The minimum absolute atomic E-state index is 0.287. The summed E-state index contributed by atoms with van der Waals surface area (Å²) in [5.74, 6) is -2.84. The molecule has 0 fully saturated rings. The number of rotatable bonds is 1. The summed E-state index contributed by atoms with van der Waals surface area (Å²) in [6.07, 6.45) is -4.83. The lowest BCUT2D eigenvalue weighted by Crippen LogP contribution is -2.18. The van der Waals surface area contributed by atoms with Gasteiger partial charge in [0, 0.05) is 0 Å². The molecular weight excluding hydrogens is 214 g/mol. The number of benzene rings is 1. The standard InChI is InChI=1S/C9H7F4NO/c1-4-2-3-5(8(14)15)7(10)6(4)9(11,12)13/h2-3H,1H3,(H2,14,15). The second-order valence-electron chi connectivity index (χ2n) is 2.98. The lowest BCUT2D eigenvalue weighted by molar-refractivity contribution is -0.140. The molecule has 0 radical (unpaired) electrons. The van der Waals surface area contributed by atoms with Crippen molar-refractivity contribution >= 4 is 5.91 Å². The number of nitrogens with two attached hydrogens (primary N) is 1. The summed E-state index contributed by atoms with van der Waals surface area (Å²) >= 11 is 0. The number of carbonyl (C=O) groups excluding carboxylic acids is 1. The first-order valence-corrected chi connectivity index (χ1v) is 3.91. The molecule has 0 saturated carbocycles. The van der Waals surface area contributed by atoms with Crippen LogP contribution in [0.2, 0.25) is 0 Å². The number of amides is 1. The van der Waals surface area contributed by atoms with Gasteiger partial charge in [-0.05, 0) is 18.6 Å². The van der Waals surface area contributed by atoms with E-state index in [2.05, 4.69) is 0 Å². The van der Waals surface area contributed by atoms with Gasteiger partial charge in [-0.1, -0.05) is 6.07 Å². The predicted molar refractivity (Wildman–Crippen MR) is 44.7 cm³/mol. The minimum atomic E-state index is -4.83. The van der Waals surface area contributed by atoms with E-state index in [0.717, 1.165) is 19.1 Å². The smallest absolute Gasteiger partial charge is 0.366 e. The Bertz CT molecular complexity index is 411. The fourth-order valence-corrected chi connectivity index (χ4v) is 1.21. The summed E-state index contributed by atoms with van der Waals surface area (Å²) in [5, 5.41) is 0. The Balaban J connectivity index is 3.51. The molecule has 0 unspecified atom stereocenters. The van der Waals surface area contributed by atoms with Crippen molar-refractivity contribution in [3.63, 3.8) is 0 Å². The van der Waals surface area contributed by atoms with Crippen molar-refractivity contribution < 1.29 is 22.4 Å². The molecule has 0 bridgehead atoms. The third kappa shape index (κ3) is 2.08. The molecule has 1 aromatic rings. The van der Waals surface area contributed by atoms with E-state index in [9.17, 15) is 22.4 Å². The molecule has 82 valence electrons. The van der Waals surface area contributed by atoms with E-state index >= 15 is 0 Å². The van der Waals surface area contributed by atoms with Crippen LogP contribution in [0.25, 0.3) is 0 Å². The summed E-state index contributed by atoms with van der Waals surface area (Å²) < 4.78 is 50.3. The van der Waals surface area contributed by atoms with E-state index in [0.29, 0.717) is 0 Å². The quantitative estimate of drug-likeness (QED) is 0.726. The van der Waals surface area contributed by atoms with E-state index in [1.165, 1.54) is 0 Å². The van der Waals surface area contributed by atoms with Crippen LogP contribution in [0.5, 0.6) is 0 Å². The van der Waals surface area contributed by atoms with Crippen LogP contribution in [0.1, 0.15) is 21.5 Å². The Morgan fingerprint density at radius 1 is 1.33 bits per heavy atom. The normalized spacial score (nSPS) is 11.5. The molecule has 6 heteroatoms. The molecule has 0 aliphatic rings. The van der Waals surface area contributed by atoms with E-state index in [-0.39, 0.29) is 5.56 Å². The Morgan fingerprint density at radius 2 is 1.87 bits per heavy atom. The first-order chi connectivity index (χ1) is 6.75. The molecule has 1 rings (SSSR count). The first kappa shape index (κ1) is 11.5. The highest BCUT2D eigenvalue weighted by Crippen LogP contribution is 2.34. The average Bonchev–Trinajstić information content (AvgIpc) is 2.00. The van der Waals surface area contributed by atoms with Gasteiger partial charge < -0.3 is 5.73 Å². The number of hydrogen-bond donors (Lipinski definition) is 1. The molecule has 0 aliphatic carbocycles. The number of carbonyl (C=O) groups is 1. The molecule has 0 spiro atoms. The van der Waals surface area contributed by atoms with Gasteiger partial charge >= 0.3 is 6.18 Å². The maximum Gasteiger partial charge on any atom is 0.419 e. The highest BCUT2D eigenvalue weighted by atomic mass is 19.4. The molecule has 15 heavy (non-hydrogen) atoms. The van der Waals surface area contributed by atoms with Gasteiger partial charge in [-0.3, -0.25) is 4.79 Å². The molecule has 2 N–H and O–H groups in total. The lowest BCUT2D eigenvalue weighted by Gasteiger charge is -2.12. The molecule has 0 saturated heterocycles. The molecule has 0 aliphatic heterocycles. The highest BCUT2D eigenvalue weighted by molar-refractivity contribution is 5.93. The number of hydrogen-bond acceptors (Lipinski definition) is 1. The average molecular weight is 221 g/mol. The molecule has 0 aromatic heterocycles. The summed E-state index contributed by atoms with van der Waals surface area (Å²) in [6.45, 7) is 1.11. The summed E-state index contributed by atoms with van der Waals surface area (Å²) in [7, 11) is 0. The van der Waals surface area contributed by atoms with Gasteiger partial charge in [0.1, 0.15) is 5.82 Å². The summed E-state index contributed by atoms with van der Waals surface area (Å²) in [5.41, 5.74) is 2.24. The zero-order valence-electron chi connectivity index (χ0n) is 7.65. The van der Waals surface area contributed by atoms with Crippen molar-refractivity contribution in [1.29, 1.82) is 0 Å². The van der Waals surface area contributed by atoms with E-state index < -0.39 is 29.0 Å². The highest BCUT2D eigenvalue weighted by Gasteiger charge is 2.37. The van der Waals surface area contributed by atoms with E-state index in [1.54, 1.807) is 0 Å². The summed E-state index contributed by atoms with van der Waals surface area (Å²) in [4.78, 5) is 10.6. The van der Waals surface area contributed by atoms with E-state index in [4.69, 9.17) is 5.73 Å². The third-order valence-corrected chi connectivity index (χ3v) is 1.90. The number of primary amides is 1. The zero-order chi connectivity index (χ0) is 11.8. The zero-order valence-corrected chi connectivity index (χ0v) is 7.65. The van der Waals surface area contributed by atoms with Crippen LogP contribution in [0.4, 0.5) is 17.6 Å². The van der Waals surface area contributed by atoms with Crippen molar-refractivity contribution in [1.82, 2.24) is 0 Å². The Labute approximate surface area is 82.7 Å². The Morgan fingerprint density at radius 3 is 2.27 bits per heavy atom. The van der Waals surface area contributed by atoms with Crippen LogP contribution < -0.4 is 5.73 Å². The minimum Gasteiger partial charge on any atom is -0.366 e. The fraction of sp³-hybridized carbons (Fsp3) is 0.222. The van der Waals surface area contributed by atoms with Crippen LogP contribution >= 0.6 is 0 Å². The predicted octanol–water partition coefficient (Wildman–Crippen LogP) is 2.25. The second-order valence-corrected chi connectivity index (χ2v) is 2.98. The molecular formula is C9H7F4NO. The van der Waals surface area contributed by atoms with Crippen LogP contribution in [-0.2, 0) is 6.18 Å². The number of halogens is 4. The van der Waals surface area contributed by atoms with Gasteiger partial charge in [0.2, 0.25) is 0 Å². The number of aryl methyl sites for hydroxylation is 1. The van der Waals surface area contributed by atoms with Crippen LogP contribution in [0, 0.1) is 12.7 Å². The monoisotopic (exact) mass is 221 g/mol. The molecule has 1 aromatic carbocycles. The largest absolute Gasteiger partial charge is 0.419 e. The van der Waals surface area contributed by atoms with Gasteiger partial charge in [0.15, 0.2) is 0 Å². The topological polar surface area (TPSA) is 43.1 Å². The van der Waals surface area contributed by atoms with Crippen molar-refractivity contribution in [2.45, 2.75) is 13.1 Å². The Hall–Kier alpha value is -1.59.